The Balaban J connectivity index is 2.17. The number of fused-ring (bicyclic) bond motifs is 1. The SMILES string of the molecule is CC(C)C(=O)OCC1=CC(=O)OC2C=C(CO)C(Br)=CC12. The minimum Gasteiger partial charge on any atom is -0.461 e. The van der Waals surface area contributed by atoms with Crippen LogP contribution in [0.15, 0.2) is 33.9 Å². The highest BCUT2D eigenvalue weighted by molar-refractivity contribution is 9.12. The van der Waals surface area contributed by atoms with Crippen LogP contribution < -0.4 is 0 Å². The van der Waals surface area contributed by atoms with Gasteiger partial charge in [0, 0.05) is 16.5 Å². The van der Waals surface area contributed by atoms with Crippen LogP contribution in [-0.4, -0.2) is 36.4 Å². The summed E-state index contributed by atoms with van der Waals surface area (Å²) in [6.45, 7) is 3.43. The van der Waals surface area contributed by atoms with E-state index in [-0.39, 0.29) is 31.0 Å². The minimum absolute atomic E-state index is 0.0619. The van der Waals surface area contributed by atoms with Crippen LogP contribution in [0.5, 0.6) is 0 Å². The second-order valence-electron chi connectivity index (χ2n) is 5.27. The lowest BCUT2D eigenvalue weighted by atomic mass is 9.86. The Bertz CT molecular complexity index is 544. The monoisotopic (exact) mass is 356 g/mol. The molecular formula is C15H17BrO5. The Kier molecular flexibility index (Phi) is 5.00. The molecule has 2 rings (SSSR count). The molecule has 0 aromatic carbocycles. The van der Waals surface area contributed by atoms with Gasteiger partial charge in [0.15, 0.2) is 0 Å². The predicted octanol–water partition coefficient (Wildman–Crippen LogP) is 1.86. The summed E-state index contributed by atoms with van der Waals surface area (Å²) < 4.78 is 11.2. The van der Waals surface area contributed by atoms with Crippen molar-refractivity contribution in [2.24, 2.45) is 11.8 Å². The Morgan fingerprint density at radius 2 is 2.19 bits per heavy atom. The lowest BCUT2D eigenvalue weighted by Gasteiger charge is -2.32. The summed E-state index contributed by atoms with van der Waals surface area (Å²) in [5, 5.41) is 9.26. The molecule has 1 aliphatic heterocycles. The molecule has 0 amide bonds. The second-order valence-corrected chi connectivity index (χ2v) is 6.13. The summed E-state index contributed by atoms with van der Waals surface area (Å²) >= 11 is 3.38. The third kappa shape index (κ3) is 3.63. The highest BCUT2D eigenvalue weighted by Crippen LogP contribution is 2.35. The number of esters is 2. The van der Waals surface area contributed by atoms with E-state index in [1.54, 1.807) is 19.9 Å². The number of carbonyl (C=O) groups excluding carboxylic acids is 2. The number of rotatable bonds is 4. The Morgan fingerprint density at radius 3 is 2.81 bits per heavy atom. The van der Waals surface area contributed by atoms with Gasteiger partial charge in [0.2, 0.25) is 0 Å². The molecule has 2 unspecified atom stereocenters. The van der Waals surface area contributed by atoms with Gasteiger partial charge in [0.25, 0.3) is 0 Å². The predicted molar refractivity (Wildman–Crippen MR) is 79.4 cm³/mol. The highest BCUT2D eigenvalue weighted by Gasteiger charge is 2.34. The van der Waals surface area contributed by atoms with Crippen molar-refractivity contribution < 1.29 is 24.2 Å². The quantitative estimate of drug-likeness (QED) is 0.778. The zero-order chi connectivity index (χ0) is 15.6. The molecule has 1 N–H and O–H groups in total. The normalized spacial score (nSPS) is 24.6. The van der Waals surface area contributed by atoms with Gasteiger partial charge in [-0.25, -0.2) is 4.79 Å². The molecule has 1 aliphatic carbocycles. The Labute approximate surface area is 131 Å². The van der Waals surface area contributed by atoms with E-state index in [2.05, 4.69) is 15.9 Å². The largest absolute Gasteiger partial charge is 0.461 e. The Morgan fingerprint density at radius 1 is 1.48 bits per heavy atom. The average molecular weight is 357 g/mol. The highest BCUT2D eigenvalue weighted by atomic mass is 79.9. The van der Waals surface area contributed by atoms with E-state index in [0.717, 1.165) is 4.48 Å². The Hall–Kier alpha value is -1.40. The van der Waals surface area contributed by atoms with E-state index in [1.165, 1.54) is 6.08 Å². The fourth-order valence-electron chi connectivity index (χ4n) is 2.17. The molecule has 0 saturated heterocycles. The van der Waals surface area contributed by atoms with Crippen molar-refractivity contribution in [2.45, 2.75) is 20.0 Å². The summed E-state index contributed by atoms with van der Waals surface area (Å²) in [5.41, 5.74) is 1.36. The molecule has 0 aromatic rings. The van der Waals surface area contributed by atoms with Crippen LogP contribution in [0.4, 0.5) is 0 Å². The molecule has 6 heteroatoms. The van der Waals surface area contributed by atoms with Crippen molar-refractivity contribution >= 4 is 27.9 Å². The maximum Gasteiger partial charge on any atom is 0.331 e. The van der Waals surface area contributed by atoms with E-state index in [1.807, 2.05) is 6.08 Å². The summed E-state index contributed by atoms with van der Waals surface area (Å²) in [6.07, 6.45) is 4.46. The van der Waals surface area contributed by atoms with Gasteiger partial charge >= 0.3 is 11.9 Å². The van der Waals surface area contributed by atoms with Crippen LogP contribution in [0.1, 0.15) is 13.8 Å². The molecule has 0 spiro atoms. The number of ether oxygens (including phenoxy) is 2. The van der Waals surface area contributed by atoms with Gasteiger partial charge in [-0.15, -0.1) is 0 Å². The van der Waals surface area contributed by atoms with E-state index in [9.17, 15) is 14.7 Å². The van der Waals surface area contributed by atoms with Gasteiger partial charge in [-0.1, -0.05) is 35.9 Å². The fourth-order valence-corrected chi connectivity index (χ4v) is 2.71. The van der Waals surface area contributed by atoms with E-state index in [4.69, 9.17) is 9.47 Å². The average Bonchev–Trinajstić information content (AvgIpc) is 2.44. The van der Waals surface area contributed by atoms with Crippen molar-refractivity contribution in [3.8, 4) is 0 Å². The van der Waals surface area contributed by atoms with Gasteiger partial charge in [-0.3, -0.25) is 4.79 Å². The number of hydrogen-bond acceptors (Lipinski definition) is 5. The molecule has 1 heterocycles. The third-order valence-electron chi connectivity index (χ3n) is 3.36. The van der Waals surface area contributed by atoms with Crippen LogP contribution in [0, 0.1) is 11.8 Å². The van der Waals surface area contributed by atoms with Gasteiger partial charge in [-0.05, 0) is 17.2 Å². The van der Waals surface area contributed by atoms with Crippen molar-refractivity contribution in [1.82, 2.24) is 0 Å². The molecule has 0 saturated carbocycles. The van der Waals surface area contributed by atoms with Gasteiger partial charge in [0.05, 0.1) is 12.5 Å². The topological polar surface area (TPSA) is 72.8 Å². The zero-order valence-corrected chi connectivity index (χ0v) is 13.4. The molecule has 2 atom stereocenters. The maximum absolute atomic E-state index is 11.6. The van der Waals surface area contributed by atoms with Gasteiger partial charge in [-0.2, -0.15) is 0 Å². The van der Waals surface area contributed by atoms with E-state index >= 15 is 0 Å². The molecule has 0 bridgehead atoms. The molecule has 0 fully saturated rings. The first kappa shape index (κ1) is 16.0. The molecule has 114 valence electrons. The van der Waals surface area contributed by atoms with Crippen LogP contribution >= 0.6 is 15.9 Å². The standard InChI is InChI=1S/C15H17BrO5/c1-8(2)15(19)20-7-10-4-14(18)21-13-3-9(6-17)12(16)5-11(10)13/h3-5,8,11,13,17H,6-7H2,1-2H3. The summed E-state index contributed by atoms with van der Waals surface area (Å²) in [4.78, 5) is 23.2. The van der Waals surface area contributed by atoms with Crippen LogP contribution in [-0.2, 0) is 19.1 Å². The molecule has 5 nitrogen and oxygen atoms in total. The van der Waals surface area contributed by atoms with E-state index in [0.29, 0.717) is 11.1 Å². The van der Waals surface area contributed by atoms with Crippen LogP contribution in [0.25, 0.3) is 0 Å². The first-order chi connectivity index (χ1) is 9.92. The maximum atomic E-state index is 11.6. The van der Waals surface area contributed by atoms with Gasteiger partial charge in [0.1, 0.15) is 12.7 Å². The first-order valence-electron chi connectivity index (χ1n) is 6.69. The number of aliphatic hydroxyl groups excluding tert-OH is 1. The fraction of sp³-hybridized carbons (Fsp3) is 0.467. The lowest BCUT2D eigenvalue weighted by Crippen LogP contribution is -2.34. The molecule has 0 radical (unpaired) electrons. The van der Waals surface area contributed by atoms with Crippen LogP contribution in [0.2, 0.25) is 0 Å². The molecular weight excluding hydrogens is 340 g/mol. The summed E-state index contributed by atoms with van der Waals surface area (Å²) in [5.74, 6) is -1.18. The number of halogens is 1. The lowest BCUT2D eigenvalue weighted by molar-refractivity contribution is -0.148. The molecule has 2 aliphatic rings. The first-order valence-corrected chi connectivity index (χ1v) is 7.48. The second kappa shape index (κ2) is 6.58. The summed E-state index contributed by atoms with van der Waals surface area (Å²) in [7, 11) is 0. The van der Waals surface area contributed by atoms with Crippen molar-refractivity contribution in [3.63, 3.8) is 0 Å². The number of aliphatic hydroxyl groups is 1. The molecule has 21 heavy (non-hydrogen) atoms. The minimum atomic E-state index is -0.473. The van der Waals surface area contributed by atoms with E-state index < -0.39 is 12.1 Å². The zero-order valence-electron chi connectivity index (χ0n) is 11.8. The van der Waals surface area contributed by atoms with Crippen molar-refractivity contribution in [3.05, 3.63) is 33.9 Å². The summed E-state index contributed by atoms with van der Waals surface area (Å²) in [6, 6.07) is 0. The smallest absolute Gasteiger partial charge is 0.331 e. The number of hydrogen-bond donors (Lipinski definition) is 1. The number of carbonyl (C=O) groups is 2. The van der Waals surface area contributed by atoms with Crippen LogP contribution in [0.3, 0.4) is 0 Å². The van der Waals surface area contributed by atoms with Crippen molar-refractivity contribution in [1.29, 1.82) is 0 Å². The third-order valence-corrected chi connectivity index (χ3v) is 4.13. The van der Waals surface area contributed by atoms with Crippen molar-refractivity contribution in [2.75, 3.05) is 13.2 Å². The molecule has 0 aromatic heterocycles. The van der Waals surface area contributed by atoms with Gasteiger partial charge < -0.3 is 14.6 Å².